The van der Waals surface area contributed by atoms with E-state index in [4.69, 9.17) is 10.2 Å². The monoisotopic (exact) mass is 470 g/mol. The van der Waals surface area contributed by atoms with Gasteiger partial charge in [-0.1, -0.05) is 0 Å². The van der Waals surface area contributed by atoms with Crippen LogP contribution in [-0.4, -0.2) is 40.8 Å². The molecule has 0 rings (SSSR count). The summed E-state index contributed by atoms with van der Waals surface area (Å²) >= 11 is 0. The van der Waals surface area contributed by atoms with Crippen LogP contribution in [0.3, 0.4) is 0 Å². The van der Waals surface area contributed by atoms with Crippen molar-refractivity contribution in [2.24, 2.45) is 0 Å². The van der Waals surface area contributed by atoms with E-state index in [-0.39, 0.29) is 103 Å². The molecule has 8 heavy (non-hydrogen) atoms. The van der Waals surface area contributed by atoms with Gasteiger partial charge in [0.15, 0.2) is 0 Å². The topological polar surface area (TPSA) is 40.5 Å². The van der Waals surface area contributed by atoms with Gasteiger partial charge >= 0.3 is 17.4 Å². The summed E-state index contributed by atoms with van der Waals surface area (Å²) in [5.74, 6) is 0. The fourth-order valence-electron chi connectivity index (χ4n) is 0. The second-order valence-corrected chi connectivity index (χ2v) is 0.447. The van der Waals surface area contributed by atoms with Crippen molar-refractivity contribution in [1.82, 2.24) is 0 Å². The van der Waals surface area contributed by atoms with E-state index < -0.39 is 0 Å². The molecule has 0 atom stereocenters. The number of hydrogen-bond donors (Lipinski definition) is 2. The van der Waals surface area contributed by atoms with E-state index in [2.05, 4.69) is 0 Å². The summed E-state index contributed by atoms with van der Waals surface area (Å²) in [6, 6.07) is 0. The van der Waals surface area contributed by atoms with E-state index in [0.717, 1.165) is 0 Å². The minimum Gasteiger partial charge on any atom is -1.00 e. The Morgan fingerprint density at radius 2 is 0.875 bits per heavy atom. The fourth-order valence-corrected chi connectivity index (χ4v) is 0. The Labute approximate surface area is 111 Å². The zero-order chi connectivity index (χ0) is 3.41. The molecule has 2 N–H and O–H groups in total. The Bertz CT molecular complexity index is 17.2. The van der Waals surface area contributed by atoms with Crippen LogP contribution in [0, 0.1) is 0 Å². The quantitative estimate of drug-likeness (QED) is 0.296. The predicted octanol–water partition coefficient (Wildman–Crippen LogP) is -10.4. The van der Waals surface area contributed by atoms with Crippen molar-refractivity contribution in [3.8, 4) is 0 Å². The number of hydrogen-bond acceptors (Lipinski definition) is 2. The standard InChI is InChI=1S/C2H6O2.Al.3HI/c3-1-2-4;;;;/h3-4H,1-2H2;;3*1H/q;+3;;;/p-3. The first-order valence-corrected chi connectivity index (χ1v) is 1.13. The molecule has 0 fully saturated rings. The zero-order valence-corrected chi connectivity index (χ0v) is 11.6. The summed E-state index contributed by atoms with van der Waals surface area (Å²) in [6.45, 7) is -0.250. The summed E-state index contributed by atoms with van der Waals surface area (Å²) < 4.78 is 0. The largest absolute Gasteiger partial charge is 3.00 e. The van der Waals surface area contributed by atoms with Crippen LogP contribution in [0.5, 0.6) is 0 Å². The first kappa shape index (κ1) is 31.1. The van der Waals surface area contributed by atoms with Crippen molar-refractivity contribution in [1.29, 1.82) is 0 Å². The van der Waals surface area contributed by atoms with E-state index in [1.165, 1.54) is 0 Å². The van der Waals surface area contributed by atoms with Crippen LogP contribution in [0.25, 0.3) is 0 Å². The van der Waals surface area contributed by atoms with Crippen LogP contribution in [0.2, 0.25) is 0 Å². The van der Waals surface area contributed by atoms with Gasteiger partial charge in [-0.05, 0) is 0 Å². The second-order valence-electron chi connectivity index (χ2n) is 0.447. The minimum atomic E-state index is -0.125. The van der Waals surface area contributed by atoms with Crippen molar-refractivity contribution < 1.29 is 82.1 Å². The van der Waals surface area contributed by atoms with Crippen LogP contribution in [-0.2, 0) is 0 Å². The fraction of sp³-hybridized carbons (Fsp3) is 1.00. The Kier molecular flexibility index (Phi) is 130. The zero-order valence-electron chi connectivity index (χ0n) is 4.02. The third kappa shape index (κ3) is 38.0. The summed E-state index contributed by atoms with van der Waals surface area (Å²) in [7, 11) is 0. The van der Waals surface area contributed by atoms with Gasteiger partial charge in [-0.3, -0.25) is 0 Å². The third-order valence-electron chi connectivity index (χ3n) is 0.1000. The maximum absolute atomic E-state index is 7.62. The summed E-state index contributed by atoms with van der Waals surface area (Å²) in [5.41, 5.74) is 0. The number of rotatable bonds is 1. The second kappa shape index (κ2) is 33.4. The van der Waals surface area contributed by atoms with E-state index in [1.54, 1.807) is 0 Å². The van der Waals surface area contributed by atoms with Crippen LogP contribution in [0.1, 0.15) is 0 Å². The Morgan fingerprint density at radius 1 is 0.750 bits per heavy atom. The van der Waals surface area contributed by atoms with Gasteiger partial charge in [0.05, 0.1) is 13.2 Å². The normalized spacial score (nSPS) is 3.75. The third-order valence-corrected chi connectivity index (χ3v) is 0.1000. The Morgan fingerprint density at radius 3 is 0.875 bits per heavy atom. The van der Waals surface area contributed by atoms with Crippen molar-refractivity contribution in [2.75, 3.05) is 13.2 Å². The molecule has 0 aromatic carbocycles. The van der Waals surface area contributed by atoms with Gasteiger partial charge < -0.3 is 82.1 Å². The molecule has 0 saturated carbocycles. The summed E-state index contributed by atoms with van der Waals surface area (Å²) in [4.78, 5) is 0. The smallest absolute Gasteiger partial charge is 1.00 e. The molecule has 0 aliphatic rings. The van der Waals surface area contributed by atoms with Crippen LogP contribution < -0.4 is 71.9 Å². The van der Waals surface area contributed by atoms with Crippen LogP contribution in [0.15, 0.2) is 0 Å². The van der Waals surface area contributed by atoms with Gasteiger partial charge in [-0.2, -0.15) is 0 Å². The minimum absolute atomic E-state index is 0. The van der Waals surface area contributed by atoms with Crippen molar-refractivity contribution in [2.45, 2.75) is 0 Å². The maximum Gasteiger partial charge on any atom is 3.00 e. The van der Waals surface area contributed by atoms with Gasteiger partial charge in [0.2, 0.25) is 0 Å². The molecular weight excluding hydrogens is 464 g/mol. The molecule has 0 bridgehead atoms. The SMILES string of the molecule is OCCO.[Al+3].[I-].[I-].[I-]. The molecule has 0 radical (unpaired) electrons. The number of aliphatic hydroxyl groups excluding tert-OH is 2. The van der Waals surface area contributed by atoms with Crippen LogP contribution in [0.4, 0.5) is 0 Å². The number of aliphatic hydroxyl groups is 2. The summed E-state index contributed by atoms with van der Waals surface area (Å²) in [6.07, 6.45) is 0. The molecule has 0 aromatic rings. The van der Waals surface area contributed by atoms with E-state index in [1.807, 2.05) is 0 Å². The Hall–Kier alpha value is 2.64. The summed E-state index contributed by atoms with van der Waals surface area (Å²) in [5, 5.41) is 15.2. The molecule has 0 unspecified atom stereocenters. The van der Waals surface area contributed by atoms with Crippen molar-refractivity contribution in [3.63, 3.8) is 0 Å². The first-order chi connectivity index (χ1) is 1.91. The molecule has 0 saturated heterocycles. The maximum atomic E-state index is 7.62. The molecule has 6 heteroatoms. The molecular formula is C2H6AlI3O2. The van der Waals surface area contributed by atoms with E-state index >= 15 is 0 Å². The van der Waals surface area contributed by atoms with Gasteiger partial charge in [-0.15, -0.1) is 0 Å². The van der Waals surface area contributed by atoms with Gasteiger partial charge in [0.25, 0.3) is 0 Å². The van der Waals surface area contributed by atoms with Gasteiger partial charge in [0.1, 0.15) is 0 Å². The molecule has 2 nitrogen and oxygen atoms in total. The predicted molar refractivity (Wildman–Crippen MR) is 19.9 cm³/mol. The molecule has 0 spiro atoms. The van der Waals surface area contributed by atoms with Crippen LogP contribution >= 0.6 is 0 Å². The van der Waals surface area contributed by atoms with Crippen molar-refractivity contribution in [3.05, 3.63) is 0 Å². The average Bonchev–Trinajstić information content (AvgIpc) is 1.37. The Balaban J connectivity index is -0.00000000750. The van der Waals surface area contributed by atoms with E-state index in [9.17, 15) is 0 Å². The molecule has 50 valence electrons. The van der Waals surface area contributed by atoms with Gasteiger partial charge in [-0.25, -0.2) is 0 Å². The molecule has 0 aliphatic heterocycles. The van der Waals surface area contributed by atoms with E-state index in [0.29, 0.717) is 0 Å². The van der Waals surface area contributed by atoms with Gasteiger partial charge in [0, 0.05) is 0 Å². The first-order valence-electron chi connectivity index (χ1n) is 1.13. The molecule has 0 amide bonds. The molecule has 0 aliphatic carbocycles. The van der Waals surface area contributed by atoms with Crippen molar-refractivity contribution >= 4 is 17.4 Å². The molecule has 0 heterocycles. The average molecular weight is 470 g/mol. The number of halogens is 3. The molecule has 0 aromatic heterocycles.